The van der Waals surface area contributed by atoms with Gasteiger partial charge in [0.1, 0.15) is 0 Å². The lowest BCUT2D eigenvalue weighted by Gasteiger charge is -2.33. The molecule has 2 heterocycles. The van der Waals surface area contributed by atoms with Crippen LogP contribution in [0, 0.1) is 0 Å². The first-order valence-electron chi connectivity index (χ1n) is 12.9. The molecule has 3 unspecified atom stereocenters. The molecule has 190 valence electrons. The lowest BCUT2D eigenvalue weighted by Crippen LogP contribution is -2.33. The number of hydroxylamine groups is 1. The minimum absolute atomic E-state index is 0.0656. The fraction of sp³-hybridized carbons (Fsp3) is 0.448. The van der Waals surface area contributed by atoms with Gasteiger partial charge in [-0.25, -0.2) is 0 Å². The average Bonchev–Trinajstić information content (AvgIpc) is 3.22. The van der Waals surface area contributed by atoms with Crippen molar-refractivity contribution in [1.82, 2.24) is 5.48 Å². The number of carbonyl (C=O) groups is 2. The third-order valence-corrected chi connectivity index (χ3v) is 7.51. The van der Waals surface area contributed by atoms with E-state index >= 15 is 0 Å². The number of Topliss-reactive ketones (excluding diaryl/α,β-unsaturated/α-hetero) is 1. The highest BCUT2D eigenvalue weighted by molar-refractivity contribution is 6.08. The molecule has 0 bridgehead atoms. The third kappa shape index (κ3) is 4.65. The minimum Gasteiger partial charge on any atom is -0.370 e. The Kier molecular flexibility index (Phi) is 7.12. The van der Waals surface area contributed by atoms with E-state index in [0.717, 1.165) is 42.4 Å². The van der Waals surface area contributed by atoms with Gasteiger partial charge in [0.25, 0.3) is 0 Å². The number of rotatable bonds is 7. The maximum atomic E-state index is 13.4. The smallest absolute Gasteiger partial charge is 0.321 e. The fourth-order valence-electron chi connectivity index (χ4n) is 5.59. The van der Waals surface area contributed by atoms with Crippen molar-refractivity contribution in [2.75, 3.05) is 11.5 Å². The second-order valence-electron chi connectivity index (χ2n) is 9.92. The number of ketones is 1. The van der Waals surface area contributed by atoms with Crippen molar-refractivity contribution in [3.8, 4) is 0 Å². The molecule has 1 N–H and O–H groups in total. The topological polar surface area (TPSA) is 77.1 Å². The van der Waals surface area contributed by atoms with Crippen molar-refractivity contribution < 1.29 is 24.2 Å². The third-order valence-electron chi connectivity index (χ3n) is 7.51. The summed E-state index contributed by atoms with van der Waals surface area (Å²) in [6.45, 7) is 5.84. The second-order valence-corrected chi connectivity index (χ2v) is 9.92. The van der Waals surface area contributed by atoms with Gasteiger partial charge in [-0.1, -0.05) is 37.3 Å². The lowest BCUT2D eigenvalue weighted by atomic mass is 9.84. The average molecular weight is 491 g/mol. The molecule has 4 aliphatic rings. The molecular weight excluding hydrogens is 456 g/mol. The van der Waals surface area contributed by atoms with Crippen LogP contribution in [0.5, 0.6) is 0 Å². The quantitative estimate of drug-likeness (QED) is 0.302. The SMILES string of the molecule is CCC(NOC(C)=O)c1ccc2c(c1)C1CC(C(=O)C3=C(C)CCOO3)=CC=C1N2C1C=CCCC1. The van der Waals surface area contributed by atoms with Gasteiger partial charge in [0, 0.05) is 29.8 Å². The van der Waals surface area contributed by atoms with Crippen LogP contribution < -0.4 is 10.4 Å². The molecule has 0 spiro atoms. The Balaban J connectivity index is 1.51. The zero-order valence-electron chi connectivity index (χ0n) is 21.2. The van der Waals surface area contributed by atoms with E-state index in [2.05, 4.69) is 53.7 Å². The van der Waals surface area contributed by atoms with Gasteiger partial charge in [0.15, 0.2) is 0 Å². The van der Waals surface area contributed by atoms with Crippen molar-refractivity contribution in [2.45, 2.75) is 77.3 Å². The molecule has 0 saturated heterocycles. The van der Waals surface area contributed by atoms with Crippen LogP contribution in [0.1, 0.15) is 82.4 Å². The number of benzene rings is 1. The van der Waals surface area contributed by atoms with E-state index in [1.807, 2.05) is 13.0 Å². The minimum atomic E-state index is -0.367. The predicted octanol–water partition coefficient (Wildman–Crippen LogP) is 5.63. The van der Waals surface area contributed by atoms with Gasteiger partial charge in [-0.2, -0.15) is 4.89 Å². The van der Waals surface area contributed by atoms with Crippen LogP contribution in [0.2, 0.25) is 0 Å². The molecular formula is C29H34N2O5. The number of anilines is 1. The number of nitrogens with zero attached hydrogens (tertiary/aromatic N) is 1. The largest absolute Gasteiger partial charge is 0.370 e. The van der Waals surface area contributed by atoms with E-state index in [1.165, 1.54) is 23.9 Å². The first-order valence-corrected chi connectivity index (χ1v) is 12.9. The Morgan fingerprint density at radius 2 is 2.14 bits per heavy atom. The van der Waals surface area contributed by atoms with Crippen molar-refractivity contribution in [3.63, 3.8) is 0 Å². The predicted molar refractivity (Wildman–Crippen MR) is 137 cm³/mol. The molecule has 0 amide bonds. The van der Waals surface area contributed by atoms with E-state index in [-0.39, 0.29) is 23.7 Å². The zero-order chi connectivity index (χ0) is 25.2. The maximum absolute atomic E-state index is 13.4. The Morgan fingerprint density at radius 3 is 2.86 bits per heavy atom. The summed E-state index contributed by atoms with van der Waals surface area (Å²) in [5.41, 5.74) is 9.22. The Labute approximate surface area is 212 Å². The molecule has 7 heteroatoms. The van der Waals surface area contributed by atoms with Crippen LogP contribution in [0.4, 0.5) is 5.69 Å². The Bertz CT molecular complexity index is 1180. The summed E-state index contributed by atoms with van der Waals surface area (Å²) in [6.07, 6.45) is 14.1. The summed E-state index contributed by atoms with van der Waals surface area (Å²) in [7, 11) is 0. The molecule has 2 aliphatic heterocycles. The normalized spacial score (nSPS) is 23.8. The molecule has 0 saturated carbocycles. The van der Waals surface area contributed by atoms with E-state index in [9.17, 15) is 9.59 Å². The molecule has 2 aliphatic carbocycles. The van der Waals surface area contributed by atoms with Crippen LogP contribution in [0.25, 0.3) is 0 Å². The first kappa shape index (κ1) is 24.5. The van der Waals surface area contributed by atoms with Crippen LogP contribution in [-0.4, -0.2) is 24.4 Å². The summed E-state index contributed by atoms with van der Waals surface area (Å²) >= 11 is 0. The van der Waals surface area contributed by atoms with Crippen molar-refractivity contribution in [1.29, 1.82) is 0 Å². The molecule has 36 heavy (non-hydrogen) atoms. The first-order chi connectivity index (χ1) is 17.5. The van der Waals surface area contributed by atoms with Crippen LogP contribution in [-0.2, 0) is 24.2 Å². The zero-order valence-corrected chi connectivity index (χ0v) is 21.2. The molecule has 1 aromatic rings. The molecule has 1 aromatic carbocycles. The number of allylic oxidation sites excluding steroid dienone is 5. The molecule has 5 rings (SSSR count). The highest BCUT2D eigenvalue weighted by Crippen LogP contribution is 2.51. The van der Waals surface area contributed by atoms with Gasteiger partial charge in [-0.3, -0.25) is 9.59 Å². The monoisotopic (exact) mass is 490 g/mol. The Morgan fingerprint density at radius 1 is 1.28 bits per heavy atom. The fourth-order valence-corrected chi connectivity index (χ4v) is 5.59. The summed E-state index contributed by atoms with van der Waals surface area (Å²) in [5.74, 6) is -0.0794. The van der Waals surface area contributed by atoms with Crippen molar-refractivity contribution in [2.24, 2.45) is 0 Å². The molecule has 3 atom stereocenters. The molecule has 0 aromatic heterocycles. The van der Waals surface area contributed by atoms with E-state index < -0.39 is 0 Å². The maximum Gasteiger partial charge on any atom is 0.321 e. The van der Waals surface area contributed by atoms with Crippen molar-refractivity contribution >= 4 is 17.4 Å². The molecule has 0 radical (unpaired) electrons. The highest BCUT2D eigenvalue weighted by Gasteiger charge is 2.40. The van der Waals surface area contributed by atoms with Gasteiger partial charge in [0.2, 0.25) is 11.5 Å². The summed E-state index contributed by atoms with van der Waals surface area (Å²) in [5, 5.41) is 0. The van der Waals surface area contributed by atoms with Crippen molar-refractivity contribution in [3.05, 3.63) is 76.2 Å². The molecule has 7 nitrogen and oxygen atoms in total. The molecule has 0 fully saturated rings. The van der Waals surface area contributed by atoms with Gasteiger partial charge >= 0.3 is 5.97 Å². The summed E-state index contributed by atoms with van der Waals surface area (Å²) in [4.78, 5) is 42.7. The van der Waals surface area contributed by atoms with E-state index in [4.69, 9.17) is 14.6 Å². The van der Waals surface area contributed by atoms with Crippen LogP contribution >= 0.6 is 0 Å². The van der Waals surface area contributed by atoms with Crippen LogP contribution in [0.15, 0.2) is 65.1 Å². The lowest BCUT2D eigenvalue weighted by molar-refractivity contribution is -0.268. The summed E-state index contributed by atoms with van der Waals surface area (Å²) in [6, 6.07) is 6.68. The highest BCUT2D eigenvalue weighted by atomic mass is 17.2. The Hall–Kier alpha value is -3.16. The standard InChI is InChI=1S/C29H34N2O5/c1-4-25(30-35-19(3)32)20-10-12-26-23(16-20)24-17-21(28(33)29-18(2)14-15-34-36-29)11-13-27(24)31(26)22-8-6-5-7-9-22/h6,8,10-13,16,22,24-25,30H,4-5,7,9,14-15,17H2,1-3H3. The number of fused-ring (bicyclic) bond motifs is 3. The van der Waals surface area contributed by atoms with Gasteiger partial charge in [-0.15, -0.1) is 5.48 Å². The van der Waals surface area contributed by atoms with Gasteiger partial charge < -0.3 is 14.6 Å². The second kappa shape index (κ2) is 10.4. The number of carbonyl (C=O) groups excluding carboxylic acids is 2. The van der Waals surface area contributed by atoms with Gasteiger partial charge in [0.05, 0.1) is 18.7 Å². The summed E-state index contributed by atoms with van der Waals surface area (Å²) < 4.78 is 0. The van der Waals surface area contributed by atoms with E-state index in [0.29, 0.717) is 31.2 Å². The number of hydrogen-bond acceptors (Lipinski definition) is 7. The number of hydrogen-bond donors (Lipinski definition) is 1. The van der Waals surface area contributed by atoms with Crippen LogP contribution in [0.3, 0.4) is 0 Å². The van der Waals surface area contributed by atoms with E-state index in [1.54, 1.807) is 0 Å². The number of nitrogens with one attached hydrogen (secondary N) is 1. The van der Waals surface area contributed by atoms with Gasteiger partial charge in [-0.05, 0) is 74.3 Å².